The lowest BCUT2D eigenvalue weighted by Crippen LogP contribution is -2.50. The largest absolute Gasteiger partial charge is 0.326 e. The van der Waals surface area contributed by atoms with Crippen LogP contribution in [0.25, 0.3) is 0 Å². The van der Waals surface area contributed by atoms with Crippen LogP contribution in [-0.4, -0.2) is 31.2 Å². The van der Waals surface area contributed by atoms with E-state index in [4.69, 9.17) is 0 Å². The van der Waals surface area contributed by atoms with Crippen molar-refractivity contribution in [3.05, 3.63) is 0 Å². The van der Waals surface area contributed by atoms with Crippen LogP contribution < -0.4 is 0 Å². The van der Waals surface area contributed by atoms with E-state index >= 15 is 0 Å². The molecule has 0 saturated heterocycles. The van der Waals surface area contributed by atoms with Crippen LogP contribution in [-0.2, 0) is 0 Å². The topological polar surface area (TPSA) is 0 Å². The molecule has 1 heteroatoms. The van der Waals surface area contributed by atoms with Gasteiger partial charge in [0.1, 0.15) is 0 Å². The van der Waals surface area contributed by atoms with Crippen LogP contribution in [0.2, 0.25) is 0 Å². The second-order valence-electron chi connectivity index (χ2n) is 7.13. The first kappa shape index (κ1) is 20.0. The second-order valence-corrected chi connectivity index (χ2v) is 7.13. The minimum absolute atomic E-state index is 0.934. The molecule has 0 radical (unpaired) electrons. The molecule has 20 heavy (non-hydrogen) atoms. The van der Waals surface area contributed by atoms with Gasteiger partial charge in [0.2, 0.25) is 0 Å². The van der Waals surface area contributed by atoms with E-state index in [1.54, 1.807) is 0 Å². The maximum absolute atomic E-state index is 2.50. The Labute approximate surface area is 129 Å². The van der Waals surface area contributed by atoms with Crippen molar-refractivity contribution in [2.75, 3.05) is 26.7 Å². The maximum atomic E-state index is 2.50. The Morgan fingerprint density at radius 1 is 0.700 bits per heavy atom. The smallest absolute Gasteiger partial charge is 0.0813 e. The zero-order valence-electron chi connectivity index (χ0n) is 15.4. The van der Waals surface area contributed by atoms with Gasteiger partial charge in [-0.3, -0.25) is 0 Å². The van der Waals surface area contributed by atoms with Crippen LogP contribution in [0, 0.1) is 11.8 Å². The van der Waals surface area contributed by atoms with Gasteiger partial charge < -0.3 is 4.48 Å². The number of hydrogen-bond acceptors (Lipinski definition) is 0. The third-order valence-corrected chi connectivity index (χ3v) is 5.25. The van der Waals surface area contributed by atoms with Crippen molar-refractivity contribution >= 4 is 0 Å². The van der Waals surface area contributed by atoms with Crippen molar-refractivity contribution in [3.63, 3.8) is 0 Å². The summed E-state index contributed by atoms with van der Waals surface area (Å²) in [6.07, 6.45) is 11.1. The fraction of sp³-hybridized carbons (Fsp3) is 1.00. The monoisotopic (exact) mass is 284 g/mol. The molecule has 1 nitrogen and oxygen atoms in total. The Kier molecular flexibility index (Phi) is 11.6. The van der Waals surface area contributed by atoms with Gasteiger partial charge >= 0.3 is 0 Å². The van der Waals surface area contributed by atoms with Gasteiger partial charge in [-0.15, -0.1) is 0 Å². The standard InChI is InChI=1S/C19H42N/c1-7-12-14-18(9-3)16-20(6,11-5)17-19(10-4)15-13-8-2/h18-19H,7-17H2,1-6H3/q+1. The summed E-state index contributed by atoms with van der Waals surface area (Å²) in [5.74, 6) is 1.87. The maximum Gasteiger partial charge on any atom is 0.0813 e. The first-order valence-corrected chi connectivity index (χ1v) is 9.38. The predicted molar refractivity (Wildman–Crippen MR) is 93.1 cm³/mol. The highest BCUT2D eigenvalue weighted by atomic mass is 15.3. The summed E-state index contributed by atoms with van der Waals surface area (Å²) >= 11 is 0. The SMILES string of the molecule is CCCCC(CC)C[N+](C)(CC)CC(CC)CCCC. The van der Waals surface area contributed by atoms with Gasteiger partial charge in [-0.05, 0) is 32.6 Å². The van der Waals surface area contributed by atoms with Crippen LogP contribution in [0.3, 0.4) is 0 Å². The summed E-state index contributed by atoms with van der Waals surface area (Å²) in [6.45, 7) is 15.9. The first-order valence-electron chi connectivity index (χ1n) is 9.38. The lowest BCUT2D eigenvalue weighted by molar-refractivity contribution is -0.914. The third-order valence-electron chi connectivity index (χ3n) is 5.25. The van der Waals surface area contributed by atoms with E-state index in [1.807, 2.05) is 0 Å². The molecule has 0 rings (SSSR count). The Balaban J connectivity index is 4.47. The molecular weight excluding hydrogens is 242 g/mol. The van der Waals surface area contributed by atoms with Gasteiger partial charge in [0, 0.05) is 11.8 Å². The quantitative estimate of drug-likeness (QED) is 0.370. The third kappa shape index (κ3) is 8.29. The predicted octanol–water partition coefficient (Wildman–Crippen LogP) is 5.89. The van der Waals surface area contributed by atoms with Gasteiger partial charge in [0.05, 0.1) is 26.7 Å². The van der Waals surface area contributed by atoms with Crippen molar-refractivity contribution in [3.8, 4) is 0 Å². The van der Waals surface area contributed by atoms with Gasteiger partial charge in [-0.25, -0.2) is 0 Å². The molecule has 0 aliphatic rings. The van der Waals surface area contributed by atoms with Crippen molar-refractivity contribution < 1.29 is 4.48 Å². The lowest BCUT2D eigenvalue weighted by Gasteiger charge is -2.39. The molecule has 0 fully saturated rings. The summed E-state index contributed by atoms with van der Waals surface area (Å²) in [5.41, 5.74) is 0. The minimum Gasteiger partial charge on any atom is -0.326 e. The Bertz CT molecular complexity index is 194. The molecule has 2 unspecified atom stereocenters. The molecule has 0 aromatic carbocycles. The molecule has 0 N–H and O–H groups in total. The van der Waals surface area contributed by atoms with Gasteiger partial charge in [0.25, 0.3) is 0 Å². The number of unbranched alkanes of at least 4 members (excludes halogenated alkanes) is 2. The van der Waals surface area contributed by atoms with Crippen molar-refractivity contribution in [2.24, 2.45) is 11.8 Å². The van der Waals surface area contributed by atoms with E-state index in [1.165, 1.54) is 75.5 Å². The van der Waals surface area contributed by atoms with Gasteiger partial charge in [-0.2, -0.15) is 0 Å². The lowest BCUT2D eigenvalue weighted by atomic mass is 9.94. The fourth-order valence-electron chi connectivity index (χ4n) is 3.41. The Morgan fingerprint density at radius 3 is 1.35 bits per heavy atom. The zero-order chi connectivity index (χ0) is 15.4. The molecular formula is C19H42N+. The molecule has 2 atom stereocenters. The zero-order valence-corrected chi connectivity index (χ0v) is 15.4. The van der Waals surface area contributed by atoms with E-state index in [9.17, 15) is 0 Å². The van der Waals surface area contributed by atoms with Crippen molar-refractivity contribution in [1.82, 2.24) is 0 Å². The molecule has 0 aliphatic heterocycles. The molecule has 122 valence electrons. The molecule has 0 bridgehead atoms. The first-order chi connectivity index (χ1) is 9.55. The summed E-state index contributed by atoms with van der Waals surface area (Å²) in [5, 5.41) is 0. The van der Waals surface area contributed by atoms with Crippen LogP contribution in [0.4, 0.5) is 0 Å². The normalized spacial score (nSPS) is 17.7. The van der Waals surface area contributed by atoms with Crippen LogP contribution in [0.5, 0.6) is 0 Å². The van der Waals surface area contributed by atoms with Gasteiger partial charge in [0.15, 0.2) is 0 Å². The summed E-state index contributed by atoms with van der Waals surface area (Å²) in [6, 6.07) is 0. The number of quaternary nitrogens is 1. The highest BCUT2D eigenvalue weighted by Gasteiger charge is 2.26. The average Bonchev–Trinajstić information content (AvgIpc) is 2.47. The van der Waals surface area contributed by atoms with Crippen molar-refractivity contribution in [2.45, 2.75) is 86.0 Å². The molecule has 0 spiro atoms. The molecule has 0 amide bonds. The van der Waals surface area contributed by atoms with Gasteiger partial charge in [-0.1, -0.05) is 53.4 Å². The molecule has 0 aromatic rings. The number of rotatable bonds is 13. The molecule has 0 aromatic heterocycles. The molecule has 0 saturated carbocycles. The van der Waals surface area contributed by atoms with Crippen LogP contribution in [0.1, 0.15) is 86.0 Å². The van der Waals surface area contributed by atoms with Crippen molar-refractivity contribution in [1.29, 1.82) is 0 Å². The van der Waals surface area contributed by atoms with E-state index in [2.05, 4.69) is 41.7 Å². The number of nitrogens with zero attached hydrogens (tertiary/aromatic N) is 1. The highest BCUT2D eigenvalue weighted by Crippen LogP contribution is 2.22. The number of hydrogen-bond donors (Lipinski definition) is 0. The molecule has 0 aliphatic carbocycles. The minimum atomic E-state index is 0.934. The summed E-state index contributed by atoms with van der Waals surface area (Å²) in [7, 11) is 2.50. The van der Waals surface area contributed by atoms with E-state index < -0.39 is 0 Å². The van der Waals surface area contributed by atoms with Crippen LogP contribution in [0.15, 0.2) is 0 Å². The summed E-state index contributed by atoms with van der Waals surface area (Å²) in [4.78, 5) is 0. The fourth-order valence-corrected chi connectivity index (χ4v) is 3.41. The molecule has 0 heterocycles. The van der Waals surface area contributed by atoms with E-state index in [0.717, 1.165) is 11.8 Å². The summed E-state index contributed by atoms with van der Waals surface area (Å²) < 4.78 is 1.30. The van der Waals surface area contributed by atoms with E-state index in [0.29, 0.717) is 0 Å². The Hall–Kier alpha value is -0.0400. The second kappa shape index (κ2) is 11.6. The average molecular weight is 285 g/mol. The highest BCUT2D eigenvalue weighted by molar-refractivity contribution is 4.61. The van der Waals surface area contributed by atoms with Crippen LogP contribution >= 0.6 is 0 Å². The van der Waals surface area contributed by atoms with E-state index in [-0.39, 0.29) is 0 Å². The Morgan fingerprint density at radius 2 is 1.10 bits per heavy atom.